The summed E-state index contributed by atoms with van der Waals surface area (Å²) in [5.74, 6) is 1.45. The maximum atomic E-state index is 13.2. The molecule has 0 unspecified atom stereocenters. The van der Waals surface area contributed by atoms with Crippen molar-refractivity contribution in [1.82, 2.24) is 10.6 Å². The van der Waals surface area contributed by atoms with Gasteiger partial charge in [-0.1, -0.05) is 27.7 Å². The highest BCUT2D eigenvalue weighted by atomic mass is 16.5. The first-order valence-electron chi connectivity index (χ1n) is 10.9. The number of carbonyl (C=O) groups is 3. The lowest BCUT2D eigenvalue weighted by Crippen LogP contribution is -2.57. The molecule has 6 nitrogen and oxygen atoms in total. The first-order chi connectivity index (χ1) is 13.2. The van der Waals surface area contributed by atoms with E-state index in [1.54, 1.807) is 0 Å². The molecule has 6 heteroatoms. The van der Waals surface area contributed by atoms with E-state index >= 15 is 0 Å². The maximum absolute atomic E-state index is 13.2. The number of nitrogens with one attached hydrogen (secondary N) is 2. The van der Waals surface area contributed by atoms with Crippen molar-refractivity contribution in [3.63, 3.8) is 0 Å². The van der Waals surface area contributed by atoms with Gasteiger partial charge in [-0.05, 0) is 68.1 Å². The standard InChI is InChI=1S/C22H36N2O4/c1-13(2)11-23-18(25)12-28-20(26)19(14(3)4)24-21(27)22-8-15-5-16(9-22)7-17(6-15)10-22/h13-17,19H,5-12H2,1-4H3,(H,23,25)(H,24,27)/t15?,16?,17?,19-,22?/m0/s1. The predicted molar refractivity (Wildman–Crippen MR) is 106 cm³/mol. The molecule has 0 heterocycles. The van der Waals surface area contributed by atoms with Crippen LogP contribution in [0.5, 0.6) is 0 Å². The normalized spacial score (nSPS) is 31.7. The van der Waals surface area contributed by atoms with Crippen LogP contribution in [0.1, 0.15) is 66.2 Å². The van der Waals surface area contributed by atoms with Crippen molar-refractivity contribution in [2.45, 2.75) is 72.3 Å². The predicted octanol–water partition coefficient (Wildman–Crippen LogP) is 2.66. The zero-order valence-corrected chi connectivity index (χ0v) is 17.8. The summed E-state index contributed by atoms with van der Waals surface area (Å²) in [5, 5.41) is 5.73. The van der Waals surface area contributed by atoms with Crippen LogP contribution in [-0.2, 0) is 19.1 Å². The largest absolute Gasteiger partial charge is 0.454 e. The number of ether oxygens (including phenoxy) is 1. The second kappa shape index (κ2) is 8.42. The van der Waals surface area contributed by atoms with Crippen LogP contribution < -0.4 is 10.6 Å². The number of esters is 1. The fourth-order valence-electron chi connectivity index (χ4n) is 5.78. The number of rotatable bonds is 8. The molecule has 4 rings (SSSR count). The lowest BCUT2D eigenvalue weighted by atomic mass is 9.49. The summed E-state index contributed by atoms with van der Waals surface area (Å²) in [5.41, 5.74) is -0.295. The molecule has 4 aliphatic rings. The van der Waals surface area contributed by atoms with Gasteiger partial charge in [-0.2, -0.15) is 0 Å². The highest BCUT2D eigenvalue weighted by molar-refractivity contribution is 5.89. The molecule has 28 heavy (non-hydrogen) atoms. The molecule has 0 aromatic rings. The summed E-state index contributed by atoms with van der Waals surface area (Å²) >= 11 is 0. The second-order valence-electron chi connectivity index (χ2n) is 10.2. The van der Waals surface area contributed by atoms with E-state index < -0.39 is 12.0 Å². The summed E-state index contributed by atoms with van der Waals surface area (Å²) < 4.78 is 5.21. The Balaban J connectivity index is 1.56. The molecule has 4 aliphatic carbocycles. The summed E-state index contributed by atoms with van der Waals surface area (Å²) in [7, 11) is 0. The van der Waals surface area contributed by atoms with E-state index in [2.05, 4.69) is 10.6 Å². The van der Waals surface area contributed by atoms with Crippen molar-refractivity contribution in [1.29, 1.82) is 0 Å². The highest BCUT2D eigenvalue weighted by Crippen LogP contribution is 2.60. The molecule has 4 fully saturated rings. The van der Waals surface area contributed by atoms with Crippen molar-refractivity contribution in [3.05, 3.63) is 0 Å². The first-order valence-corrected chi connectivity index (χ1v) is 10.9. The van der Waals surface area contributed by atoms with Crippen LogP contribution in [0.3, 0.4) is 0 Å². The Morgan fingerprint density at radius 2 is 1.50 bits per heavy atom. The van der Waals surface area contributed by atoms with Crippen LogP contribution >= 0.6 is 0 Å². The van der Waals surface area contributed by atoms with E-state index in [1.165, 1.54) is 19.3 Å². The molecular formula is C22H36N2O4. The SMILES string of the molecule is CC(C)CNC(=O)COC(=O)[C@@H](NC(=O)C12CC3CC(CC(C3)C1)C2)C(C)C. The topological polar surface area (TPSA) is 84.5 Å². The summed E-state index contributed by atoms with van der Waals surface area (Å²) in [6, 6.07) is -0.710. The van der Waals surface area contributed by atoms with Crippen molar-refractivity contribution in [3.8, 4) is 0 Å². The van der Waals surface area contributed by atoms with Gasteiger partial charge in [0, 0.05) is 12.0 Å². The van der Waals surface area contributed by atoms with Gasteiger partial charge >= 0.3 is 5.97 Å². The number of hydrogen-bond donors (Lipinski definition) is 2. The third kappa shape index (κ3) is 4.69. The summed E-state index contributed by atoms with van der Waals surface area (Å²) in [6.07, 6.45) is 6.70. The van der Waals surface area contributed by atoms with Crippen LogP contribution in [0.2, 0.25) is 0 Å². The monoisotopic (exact) mass is 392 g/mol. The molecule has 0 spiro atoms. The van der Waals surface area contributed by atoms with Crippen LogP contribution in [0, 0.1) is 35.0 Å². The lowest BCUT2D eigenvalue weighted by molar-refractivity contribution is -0.157. The van der Waals surface area contributed by atoms with Gasteiger partial charge in [-0.3, -0.25) is 9.59 Å². The Kier molecular flexibility index (Phi) is 6.35. The van der Waals surface area contributed by atoms with Crippen molar-refractivity contribution in [2.75, 3.05) is 13.2 Å². The molecule has 2 amide bonds. The van der Waals surface area contributed by atoms with Crippen molar-refractivity contribution >= 4 is 17.8 Å². The fourth-order valence-corrected chi connectivity index (χ4v) is 5.78. The molecular weight excluding hydrogens is 356 g/mol. The van der Waals surface area contributed by atoms with E-state index in [0.29, 0.717) is 30.2 Å². The zero-order chi connectivity index (χ0) is 20.5. The lowest BCUT2D eigenvalue weighted by Gasteiger charge is -2.55. The second-order valence-corrected chi connectivity index (χ2v) is 10.2. The number of carbonyl (C=O) groups excluding carboxylic acids is 3. The van der Waals surface area contributed by atoms with Gasteiger partial charge in [0.25, 0.3) is 5.91 Å². The van der Waals surface area contributed by atoms with Crippen LogP contribution in [0.15, 0.2) is 0 Å². The minimum atomic E-state index is -0.710. The summed E-state index contributed by atoms with van der Waals surface area (Å²) in [4.78, 5) is 37.6. The number of hydrogen-bond acceptors (Lipinski definition) is 4. The Labute approximate surface area is 168 Å². The first kappa shape index (κ1) is 21.1. The Morgan fingerprint density at radius 3 is 1.96 bits per heavy atom. The van der Waals surface area contributed by atoms with E-state index in [4.69, 9.17) is 4.74 Å². The van der Waals surface area contributed by atoms with E-state index in [0.717, 1.165) is 19.3 Å². The minimum Gasteiger partial charge on any atom is -0.454 e. The molecule has 4 saturated carbocycles. The van der Waals surface area contributed by atoms with Gasteiger partial charge in [-0.15, -0.1) is 0 Å². The number of amides is 2. The third-order valence-corrected chi connectivity index (χ3v) is 6.78. The average molecular weight is 393 g/mol. The van der Waals surface area contributed by atoms with Crippen molar-refractivity contribution in [2.24, 2.45) is 35.0 Å². The fraction of sp³-hybridized carbons (Fsp3) is 0.864. The Bertz CT molecular complexity index is 578. The molecule has 0 saturated heterocycles. The van der Waals surface area contributed by atoms with Crippen molar-refractivity contribution < 1.29 is 19.1 Å². The molecule has 1 atom stereocenters. The van der Waals surface area contributed by atoms with Crippen LogP contribution in [-0.4, -0.2) is 37.0 Å². The molecule has 0 aliphatic heterocycles. The summed E-state index contributed by atoms with van der Waals surface area (Å²) in [6.45, 7) is 8.03. The molecule has 0 aromatic carbocycles. The van der Waals surface area contributed by atoms with Gasteiger partial charge in [0.05, 0.1) is 0 Å². The molecule has 4 bridgehead atoms. The van der Waals surface area contributed by atoms with Gasteiger partial charge in [-0.25, -0.2) is 4.79 Å². The van der Waals surface area contributed by atoms with Gasteiger partial charge in [0.1, 0.15) is 6.04 Å². The van der Waals surface area contributed by atoms with Gasteiger partial charge < -0.3 is 15.4 Å². The van der Waals surface area contributed by atoms with Gasteiger partial charge in [0.2, 0.25) is 5.91 Å². The Morgan fingerprint density at radius 1 is 0.964 bits per heavy atom. The van der Waals surface area contributed by atoms with E-state index in [-0.39, 0.29) is 29.8 Å². The zero-order valence-electron chi connectivity index (χ0n) is 17.8. The highest BCUT2D eigenvalue weighted by Gasteiger charge is 2.55. The Hall–Kier alpha value is -1.59. The average Bonchev–Trinajstić information content (AvgIpc) is 2.60. The maximum Gasteiger partial charge on any atom is 0.329 e. The van der Waals surface area contributed by atoms with Crippen LogP contribution in [0.25, 0.3) is 0 Å². The minimum absolute atomic E-state index is 0.0199. The van der Waals surface area contributed by atoms with E-state index in [9.17, 15) is 14.4 Å². The van der Waals surface area contributed by atoms with Gasteiger partial charge in [0.15, 0.2) is 6.61 Å². The molecule has 0 aromatic heterocycles. The molecule has 2 N–H and O–H groups in total. The quantitative estimate of drug-likeness (QED) is 0.622. The van der Waals surface area contributed by atoms with E-state index in [1.807, 2.05) is 27.7 Å². The smallest absolute Gasteiger partial charge is 0.329 e. The van der Waals surface area contributed by atoms with Crippen LogP contribution in [0.4, 0.5) is 0 Å². The third-order valence-electron chi connectivity index (χ3n) is 6.78. The molecule has 158 valence electrons. The molecule has 0 radical (unpaired) electrons.